The van der Waals surface area contributed by atoms with Crippen LogP contribution in [0.5, 0.6) is 0 Å². The number of thiazole rings is 1. The number of rotatable bonds is 5. The van der Waals surface area contributed by atoms with Crippen molar-refractivity contribution in [2.75, 3.05) is 32.7 Å². The van der Waals surface area contributed by atoms with Crippen LogP contribution in [0, 0.1) is 0 Å². The number of aliphatic hydroxyl groups excluding tert-OH is 1. The summed E-state index contributed by atoms with van der Waals surface area (Å²) in [7, 11) is 0. The minimum Gasteiger partial charge on any atom is -0.382 e. The molecule has 4 nitrogen and oxygen atoms in total. The molecule has 2 heterocycles. The predicted molar refractivity (Wildman–Crippen MR) is 101 cm³/mol. The Hall–Kier alpha value is -1.79. The van der Waals surface area contributed by atoms with Gasteiger partial charge in [-0.3, -0.25) is 0 Å². The lowest BCUT2D eigenvalue weighted by molar-refractivity contribution is -1.02. The van der Waals surface area contributed by atoms with Gasteiger partial charge in [-0.25, -0.2) is 4.98 Å². The van der Waals surface area contributed by atoms with E-state index in [-0.39, 0.29) is 6.10 Å². The van der Waals surface area contributed by atoms with Crippen LogP contribution in [0.15, 0.2) is 54.6 Å². The molecular formula is C20H25N3OS+2. The van der Waals surface area contributed by atoms with Gasteiger partial charge in [0, 0.05) is 0 Å². The molecule has 0 bridgehead atoms. The number of aliphatic hydroxyl groups is 1. The summed E-state index contributed by atoms with van der Waals surface area (Å²) in [6.45, 7) is 6.35. The molecule has 25 heavy (non-hydrogen) atoms. The lowest BCUT2D eigenvalue weighted by atomic mass is 10.1. The molecule has 130 valence electrons. The smallest absolute Gasteiger partial charge is 0.148 e. The topological polar surface area (TPSA) is 42.0 Å². The number of aromatic nitrogens is 1. The van der Waals surface area contributed by atoms with Gasteiger partial charge in [0.25, 0.3) is 0 Å². The van der Waals surface area contributed by atoms with Crippen molar-refractivity contribution in [1.82, 2.24) is 4.98 Å². The third-order valence-electron chi connectivity index (χ3n) is 5.07. The standard InChI is InChI=1S/C20H23N3OS/c24-18(16-6-2-1-3-7-16)14-22-10-12-23(13-11-22)15-20-21-17-8-4-5-9-19(17)25-20/h1-9,18,24H,10-15H2/p+2/t18-/m0/s1. The van der Waals surface area contributed by atoms with Gasteiger partial charge in [-0.05, 0) is 17.7 Å². The lowest BCUT2D eigenvalue weighted by Gasteiger charge is -2.30. The molecule has 3 N–H and O–H groups in total. The summed E-state index contributed by atoms with van der Waals surface area (Å²) in [6, 6.07) is 18.4. The van der Waals surface area contributed by atoms with Crippen LogP contribution in [0.1, 0.15) is 16.7 Å². The molecule has 1 fully saturated rings. The fourth-order valence-electron chi connectivity index (χ4n) is 3.61. The number of piperazine rings is 1. The van der Waals surface area contributed by atoms with E-state index in [1.807, 2.05) is 41.7 Å². The second-order valence-electron chi connectivity index (χ2n) is 6.88. The van der Waals surface area contributed by atoms with Crippen LogP contribution >= 0.6 is 11.3 Å². The van der Waals surface area contributed by atoms with E-state index in [0.29, 0.717) is 0 Å². The van der Waals surface area contributed by atoms with Gasteiger partial charge in [0.2, 0.25) is 0 Å². The van der Waals surface area contributed by atoms with Gasteiger partial charge in [0.15, 0.2) is 0 Å². The number of nitrogens with zero attached hydrogens (tertiary/aromatic N) is 1. The van der Waals surface area contributed by atoms with Crippen molar-refractivity contribution in [1.29, 1.82) is 0 Å². The second-order valence-corrected chi connectivity index (χ2v) is 8.00. The average Bonchev–Trinajstić information content (AvgIpc) is 3.06. The van der Waals surface area contributed by atoms with Gasteiger partial charge >= 0.3 is 0 Å². The third-order valence-corrected chi connectivity index (χ3v) is 6.11. The Balaban J connectivity index is 1.29. The Morgan fingerprint density at radius 3 is 2.36 bits per heavy atom. The van der Waals surface area contributed by atoms with Crippen molar-refractivity contribution in [3.8, 4) is 0 Å². The highest BCUT2D eigenvalue weighted by molar-refractivity contribution is 7.18. The maximum atomic E-state index is 10.4. The Labute approximate surface area is 152 Å². The SMILES string of the molecule is O[C@@H](C[NH+]1CC[NH+](Cc2nc3ccccc3s2)CC1)c1ccccc1. The second kappa shape index (κ2) is 7.62. The molecule has 0 aliphatic carbocycles. The Morgan fingerprint density at radius 1 is 0.920 bits per heavy atom. The van der Waals surface area contributed by atoms with Crippen molar-refractivity contribution in [3.05, 3.63) is 65.2 Å². The molecule has 0 radical (unpaired) electrons. The zero-order valence-corrected chi connectivity index (χ0v) is 15.1. The van der Waals surface area contributed by atoms with Gasteiger partial charge in [0.1, 0.15) is 50.4 Å². The number of hydrogen-bond acceptors (Lipinski definition) is 3. The highest BCUT2D eigenvalue weighted by Gasteiger charge is 2.26. The number of hydrogen-bond donors (Lipinski definition) is 3. The Kier molecular flexibility index (Phi) is 5.08. The van der Waals surface area contributed by atoms with E-state index in [1.54, 1.807) is 4.90 Å². The number of quaternary nitrogens is 2. The van der Waals surface area contributed by atoms with Crippen LogP contribution in [0.2, 0.25) is 0 Å². The molecule has 1 aliphatic rings. The predicted octanol–water partition coefficient (Wildman–Crippen LogP) is 0.313. The zero-order chi connectivity index (χ0) is 17.1. The Bertz CT molecular complexity index is 779. The summed E-state index contributed by atoms with van der Waals surface area (Å²) in [5, 5.41) is 11.7. The first-order valence-electron chi connectivity index (χ1n) is 9.02. The van der Waals surface area contributed by atoms with Crippen molar-refractivity contribution < 1.29 is 14.9 Å². The fraction of sp³-hybridized carbons (Fsp3) is 0.350. The first-order chi connectivity index (χ1) is 12.3. The first-order valence-corrected chi connectivity index (χ1v) is 9.84. The van der Waals surface area contributed by atoms with Crippen LogP contribution in [0.3, 0.4) is 0 Å². The van der Waals surface area contributed by atoms with Crippen LogP contribution < -0.4 is 9.80 Å². The lowest BCUT2D eigenvalue weighted by Crippen LogP contribution is -3.27. The maximum absolute atomic E-state index is 10.4. The third kappa shape index (κ3) is 4.07. The molecule has 0 spiro atoms. The summed E-state index contributed by atoms with van der Waals surface area (Å²) in [6.07, 6.45) is -0.359. The number of fused-ring (bicyclic) bond motifs is 1. The van der Waals surface area contributed by atoms with Gasteiger partial charge in [0.05, 0.1) is 10.2 Å². The van der Waals surface area contributed by atoms with Crippen LogP contribution in [0.25, 0.3) is 10.2 Å². The van der Waals surface area contributed by atoms with Gasteiger partial charge in [-0.15, -0.1) is 11.3 Å². The summed E-state index contributed by atoms with van der Waals surface area (Å²) < 4.78 is 1.28. The highest BCUT2D eigenvalue weighted by Crippen LogP contribution is 2.20. The van der Waals surface area contributed by atoms with E-state index < -0.39 is 0 Å². The van der Waals surface area contributed by atoms with Gasteiger partial charge in [-0.1, -0.05) is 42.5 Å². The van der Waals surface area contributed by atoms with E-state index in [0.717, 1.165) is 50.3 Å². The van der Waals surface area contributed by atoms with E-state index in [2.05, 4.69) is 24.3 Å². The molecule has 0 unspecified atom stereocenters. The monoisotopic (exact) mass is 355 g/mol. The molecule has 2 aromatic carbocycles. The Morgan fingerprint density at radius 2 is 1.60 bits per heavy atom. The van der Waals surface area contributed by atoms with Crippen molar-refractivity contribution in [2.24, 2.45) is 0 Å². The van der Waals surface area contributed by atoms with Crippen molar-refractivity contribution >= 4 is 21.6 Å². The average molecular weight is 356 g/mol. The fourth-order valence-corrected chi connectivity index (χ4v) is 4.65. The van der Waals surface area contributed by atoms with Gasteiger partial charge < -0.3 is 14.9 Å². The summed E-state index contributed by atoms with van der Waals surface area (Å²) >= 11 is 1.82. The highest BCUT2D eigenvalue weighted by atomic mass is 32.1. The molecule has 4 rings (SSSR count). The quantitative estimate of drug-likeness (QED) is 0.617. The number of nitrogens with one attached hydrogen (secondary N) is 2. The summed E-state index contributed by atoms with van der Waals surface area (Å²) in [5.74, 6) is 0. The van der Waals surface area contributed by atoms with Crippen molar-refractivity contribution in [3.63, 3.8) is 0 Å². The zero-order valence-electron chi connectivity index (χ0n) is 14.3. The van der Waals surface area contributed by atoms with E-state index in [1.165, 1.54) is 14.6 Å². The molecule has 5 heteroatoms. The van der Waals surface area contributed by atoms with Crippen LogP contribution in [-0.2, 0) is 6.54 Å². The summed E-state index contributed by atoms with van der Waals surface area (Å²) in [4.78, 5) is 7.88. The minimum atomic E-state index is -0.359. The van der Waals surface area contributed by atoms with E-state index >= 15 is 0 Å². The van der Waals surface area contributed by atoms with Crippen LogP contribution in [0.4, 0.5) is 0 Å². The van der Waals surface area contributed by atoms with E-state index in [9.17, 15) is 5.11 Å². The minimum absolute atomic E-state index is 0.359. The molecule has 0 saturated carbocycles. The molecule has 0 amide bonds. The molecule has 3 aromatic rings. The summed E-state index contributed by atoms with van der Waals surface area (Å²) in [5.41, 5.74) is 2.15. The van der Waals surface area contributed by atoms with Crippen molar-refractivity contribution in [2.45, 2.75) is 12.6 Å². The van der Waals surface area contributed by atoms with E-state index in [4.69, 9.17) is 4.98 Å². The molecule has 1 atom stereocenters. The largest absolute Gasteiger partial charge is 0.382 e. The maximum Gasteiger partial charge on any atom is 0.148 e. The molecular weight excluding hydrogens is 330 g/mol. The first kappa shape index (κ1) is 16.7. The number of para-hydroxylation sites is 1. The van der Waals surface area contributed by atoms with Crippen LogP contribution in [-0.4, -0.2) is 42.8 Å². The number of benzene rings is 2. The molecule has 1 aromatic heterocycles. The normalized spacial score (nSPS) is 22.1. The van der Waals surface area contributed by atoms with Gasteiger partial charge in [-0.2, -0.15) is 0 Å². The molecule has 1 saturated heterocycles. The molecule has 1 aliphatic heterocycles.